The number of nitrogens with one attached hydrogen (secondary N) is 1. The van der Waals surface area contributed by atoms with Crippen LogP contribution in [0.4, 0.5) is 5.69 Å². The van der Waals surface area contributed by atoms with Gasteiger partial charge in [-0.15, -0.1) is 0 Å². The minimum absolute atomic E-state index is 0.165. The highest BCUT2D eigenvalue weighted by atomic mass is 32.2. The van der Waals surface area contributed by atoms with Gasteiger partial charge in [-0.25, -0.2) is 8.42 Å². The first-order valence-corrected chi connectivity index (χ1v) is 6.18. The summed E-state index contributed by atoms with van der Waals surface area (Å²) < 4.78 is 26.9. The van der Waals surface area contributed by atoms with Crippen molar-refractivity contribution >= 4 is 15.7 Å². The van der Waals surface area contributed by atoms with Crippen LogP contribution in [-0.2, 0) is 17.1 Å². The Morgan fingerprint density at radius 1 is 1.57 bits per heavy atom. The topological polar surface area (TPSA) is 64.0 Å². The van der Waals surface area contributed by atoms with Crippen LogP contribution in [-0.4, -0.2) is 24.0 Å². The van der Waals surface area contributed by atoms with Gasteiger partial charge in [0, 0.05) is 13.2 Å². The monoisotopic (exact) mass is 217 g/mol. The molecule has 0 atom stereocenters. The predicted molar refractivity (Wildman–Crippen MR) is 55.5 cm³/mol. The van der Waals surface area contributed by atoms with Crippen molar-refractivity contribution in [3.63, 3.8) is 0 Å². The van der Waals surface area contributed by atoms with E-state index in [1.807, 2.05) is 6.92 Å². The van der Waals surface area contributed by atoms with Crippen LogP contribution in [0.25, 0.3) is 0 Å². The predicted octanol–water partition coefficient (Wildman–Crippen LogP) is 0.962. The first-order valence-electron chi connectivity index (χ1n) is 4.52. The molecule has 0 aliphatic heterocycles. The molecule has 1 heterocycles. The minimum Gasteiger partial charge on any atom is -0.280 e. The van der Waals surface area contributed by atoms with Crippen molar-refractivity contribution in [3.05, 3.63) is 12.4 Å². The molecule has 0 aromatic carbocycles. The second kappa shape index (κ2) is 4.45. The molecule has 80 valence electrons. The number of rotatable bonds is 5. The molecule has 0 amide bonds. The van der Waals surface area contributed by atoms with Crippen LogP contribution in [0.15, 0.2) is 12.4 Å². The summed E-state index contributed by atoms with van der Waals surface area (Å²) in [6.07, 6.45) is 4.66. The Kier molecular flexibility index (Phi) is 3.51. The number of aryl methyl sites for hydroxylation is 1. The first kappa shape index (κ1) is 11.0. The zero-order chi connectivity index (χ0) is 10.6. The number of hydrogen-bond acceptors (Lipinski definition) is 3. The van der Waals surface area contributed by atoms with Gasteiger partial charge in [-0.2, -0.15) is 5.10 Å². The maximum atomic E-state index is 11.4. The number of hydrogen-bond donors (Lipinski definition) is 1. The molecule has 14 heavy (non-hydrogen) atoms. The van der Waals surface area contributed by atoms with Crippen molar-refractivity contribution in [2.24, 2.45) is 7.05 Å². The zero-order valence-corrected chi connectivity index (χ0v) is 9.21. The summed E-state index contributed by atoms with van der Waals surface area (Å²) in [5.41, 5.74) is 0.517. The van der Waals surface area contributed by atoms with Crippen molar-refractivity contribution in [1.82, 2.24) is 9.78 Å². The molecular formula is C8H15N3O2S. The van der Waals surface area contributed by atoms with Gasteiger partial charge in [0.15, 0.2) is 0 Å². The normalized spacial score (nSPS) is 11.6. The van der Waals surface area contributed by atoms with Gasteiger partial charge in [0.25, 0.3) is 0 Å². The lowest BCUT2D eigenvalue weighted by atomic mass is 10.4. The van der Waals surface area contributed by atoms with Gasteiger partial charge in [0.2, 0.25) is 10.0 Å². The van der Waals surface area contributed by atoms with Crippen molar-refractivity contribution in [1.29, 1.82) is 0 Å². The van der Waals surface area contributed by atoms with Gasteiger partial charge in [-0.1, -0.05) is 13.3 Å². The molecule has 1 aromatic heterocycles. The van der Waals surface area contributed by atoms with E-state index < -0.39 is 10.0 Å². The van der Waals surface area contributed by atoms with Crippen LogP contribution < -0.4 is 4.72 Å². The van der Waals surface area contributed by atoms with Crippen molar-refractivity contribution in [2.75, 3.05) is 10.5 Å². The fourth-order valence-electron chi connectivity index (χ4n) is 1.04. The van der Waals surface area contributed by atoms with E-state index in [0.717, 1.165) is 6.42 Å². The van der Waals surface area contributed by atoms with Gasteiger partial charge in [0.1, 0.15) is 0 Å². The minimum atomic E-state index is -3.19. The van der Waals surface area contributed by atoms with Crippen molar-refractivity contribution in [2.45, 2.75) is 19.8 Å². The third kappa shape index (κ3) is 3.37. The summed E-state index contributed by atoms with van der Waals surface area (Å²) in [6, 6.07) is 0. The summed E-state index contributed by atoms with van der Waals surface area (Å²) in [7, 11) is -1.45. The van der Waals surface area contributed by atoms with E-state index >= 15 is 0 Å². The summed E-state index contributed by atoms with van der Waals surface area (Å²) in [4.78, 5) is 0. The van der Waals surface area contributed by atoms with Gasteiger partial charge in [-0.05, 0) is 6.42 Å². The molecule has 1 rings (SSSR count). The molecule has 1 N–H and O–H groups in total. The number of aromatic nitrogens is 2. The standard InChI is InChI=1S/C8H15N3O2S/c1-3-4-5-14(12,13)10-8-6-9-11(2)7-8/h6-7,10H,3-5H2,1-2H3. The average molecular weight is 217 g/mol. The SMILES string of the molecule is CCCCS(=O)(=O)Nc1cnn(C)c1. The van der Waals surface area contributed by atoms with Crippen molar-refractivity contribution in [3.8, 4) is 0 Å². The van der Waals surface area contributed by atoms with E-state index in [0.29, 0.717) is 12.1 Å². The average Bonchev–Trinajstić information content (AvgIpc) is 2.47. The van der Waals surface area contributed by atoms with E-state index in [4.69, 9.17) is 0 Å². The van der Waals surface area contributed by atoms with Crippen molar-refractivity contribution < 1.29 is 8.42 Å². The van der Waals surface area contributed by atoms with Crippen LogP contribution in [0.5, 0.6) is 0 Å². The Bertz CT molecular complexity index is 383. The van der Waals surface area contributed by atoms with E-state index in [2.05, 4.69) is 9.82 Å². The Balaban J connectivity index is 2.59. The van der Waals surface area contributed by atoms with Crippen LogP contribution in [0.2, 0.25) is 0 Å². The quantitative estimate of drug-likeness (QED) is 0.799. The molecule has 5 nitrogen and oxygen atoms in total. The van der Waals surface area contributed by atoms with Crippen LogP contribution in [0.3, 0.4) is 0 Å². The highest BCUT2D eigenvalue weighted by Gasteiger charge is 2.09. The van der Waals surface area contributed by atoms with E-state index in [9.17, 15) is 8.42 Å². The Morgan fingerprint density at radius 2 is 2.29 bits per heavy atom. The Hall–Kier alpha value is -1.04. The smallest absolute Gasteiger partial charge is 0.232 e. The summed E-state index contributed by atoms with van der Waals surface area (Å²) in [5, 5.41) is 3.87. The largest absolute Gasteiger partial charge is 0.280 e. The molecule has 0 aliphatic carbocycles. The molecule has 0 saturated carbocycles. The molecule has 0 fully saturated rings. The molecule has 0 radical (unpaired) electrons. The number of nitrogens with zero attached hydrogens (tertiary/aromatic N) is 2. The third-order valence-corrected chi connectivity index (χ3v) is 3.12. The zero-order valence-electron chi connectivity index (χ0n) is 8.40. The summed E-state index contributed by atoms with van der Waals surface area (Å²) in [5.74, 6) is 0.165. The first-order chi connectivity index (χ1) is 6.53. The molecule has 6 heteroatoms. The lowest BCUT2D eigenvalue weighted by molar-refractivity contribution is 0.598. The second-order valence-electron chi connectivity index (χ2n) is 3.18. The highest BCUT2D eigenvalue weighted by Crippen LogP contribution is 2.07. The lowest BCUT2D eigenvalue weighted by Crippen LogP contribution is -2.16. The molecule has 0 bridgehead atoms. The van der Waals surface area contributed by atoms with E-state index in [1.54, 1.807) is 17.9 Å². The van der Waals surface area contributed by atoms with Gasteiger partial charge >= 0.3 is 0 Å². The van der Waals surface area contributed by atoms with Crippen LogP contribution in [0.1, 0.15) is 19.8 Å². The second-order valence-corrected chi connectivity index (χ2v) is 5.02. The highest BCUT2D eigenvalue weighted by molar-refractivity contribution is 7.92. The Labute approximate surface area is 84.2 Å². The fraction of sp³-hybridized carbons (Fsp3) is 0.625. The number of sulfonamides is 1. The molecule has 0 unspecified atom stereocenters. The number of anilines is 1. The van der Waals surface area contributed by atoms with E-state index in [1.165, 1.54) is 6.20 Å². The van der Waals surface area contributed by atoms with Crippen LogP contribution in [0, 0.1) is 0 Å². The molecule has 0 saturated heterocycles. The fourth-order valence-corrected chi connectivity index (χ4v) is 2.27. The van der Waals surface area contributed by atoms with Gasteiger partial charge < -0.3 is 0 Å². The maximum Gasteiger partial charge on any atom is 0.232 e. The maximum absolute atomic E-state index is 11.4. The molecule has 0 spiro atoms. The Morgan fingerprint density at radius 3 is 2.79 bits per heavy atom. The summed E-state index contributed by atoms with van der Waals surface area (Å²) >= 11 is 0. The molecular weight excluding hydrogens is 202 g/mol. The molecule has 1 aromatic rings. The van der Waals surface area contributed by atoms with Crippen LogP contribution >= 0.6 is 0 Å². The summed E-state index contributed by atoms with van der Waals surface area (Å²) in [6.45, 7) is 1.96. The number of unbranched alkanes of at least 4 members (excludes halogenated alkanes) is 1. The van der Waals surface area contributed by atoms with Gasteiger partial charge in [-0.3, -0.25) is 9.40 Å². The van der Waals surface area contributed by atoms with E-state index in [-0.39, 0.29) is 5.75 Å². The molecule has 0 aliphatic rings. The lowest BCUT2D eigenvalue weighted by Gasteiger charge is -2.03. The van der Waals surface area contributed by atoms with Gasteiger partial charge in [0.05, 0.1) is 17.6 Å². The third-order valence-electron chi connectivity index (χ3n) is 1.74.